The van der Waals surface area contributed by atoms with E-state index in [0.29, 0.717) is 0 Å². The molecule has 0 rings (SSSR count). The van der Waals surface area contributed by atoms with Gasteiger partial charge in [0.05, 0.1) is 5.60 Å². The van der Waals surface area contributed by atoms with E-state index in [1.165, 1.54) is 6.92 Å². The Balaban J connectivity index is 3.68. The molecule has 10 heavy (non-hydrogen) atoms. The van der Waals surface area contributed by atoms with Crippen molar-refractivity contribution in [3.63, 3.8) is 0 Å². The Labute approximate surface area is 61.0 Å². The van der Waals surface area contributed by atoms with Crippen molar-refractivity contribution in [3.05, 3.63) is 0 Å². The predicted molar refractivity (Wildman–Crippen MR) is 37.4 cm³/mol. The Morgan fingerprint density at radius 1 is 1.40 bits per heavy atom. The van der Waals surface area contributed by atoms with E-state index in [-0.39, 0.29) is 0 Å². The number of aliphatic hydroxyl groups is 1. The zero-order valence-corrected chi connectivity index (χ0v) is 6.89. The minimum absolute atomic E-state index is 0.486. The second kappa shape index (κ2) is 3.30. The van der Waals surface area contributed by atoms with E-state index in [9.17, 15) is 4.39 Å². The highest BCUT2D eigenvalue weighted by Crippen LogP contribution is 2.12. The maximum atomic E-state index is 12.3. The third-order valence-electron chi connectivity index (χ3n) is 0.867. The monoisotopic (exact) mass is 150 g/mol. The average Bonchev–Trinajstić information content (AvgIpc) is 1.60. The molecule has 2 nitrogen and oxygen atoms in total. The highest BCUT2D eigenvalue weighted by molar-refractivity contribution is 4.62. The van der Waals surface area contributed by atoms with Crippen LogP contribution in [0.4, 0.5) is 4.39 Å². The summed E-state index contributed by atoms with van der Waals surface area (Å²) in [5.74, 6) is 0. The normalized spacial score (nSPS) is 18.6. The summed E-state index contributed by atoms with van der Waals surface area (Å²) in [4.78, 5) is 0. The van der Waals surface area contributed by atoms with Crippen molar-refractivity contribution in [2.75, 3.05) is 0 Å². The molecule has 0 aromatic rings. The molecule has 3 heteroatoms. The minimum atomic E-state index is -1.33. The van der Waals surface area contributed by atoms with Crippen LogP contribution < -0.4 is 0 Å². The van der Waals surface area contributed by atoms with Crippen LogP contribution in [0.5, 0.6) is 0 Å². The molecule has 62 valence electrons. The Morgan fingerprint density at radius 2 is 1.80 bits per heavy atom. The molecule has 0 heterocycles. The van der Waals surface area contributed by atoms with E-state index in [4.69, 9.17) is 9.84 Å². The molecule has 0 aromatic carbocycles. The van der Waals surface area contributed by atoms with Crippen molar-refractivity contribution < 1.29 is 14.2 Å². The first-order chi connectivity index (χ1) is 4.33. The van der Waals surface area contributed by atoms with E-state index in [2.05, 4.69) is 0 Å². The number of aliphatic hydroxyl groups excluding tert-OH is 1. The number of hydrogen-bond acceptors (Lipinski definition) is 2. The largest absolute Gasteiger partial charge is 0.366 e. The van der Waals surface area contributed by atoms with Crippen molar-refractivity contribution in [2.24, 2.45) is 0 Å². The summed E-state index contributed by atoms with van der Waals surface area (Å²) in [6.07, 6.45) is -2.64. The van der Waals surface area contributed by atoms with E-state index in [1.807, 2.05) is 0 Å². The number of halogens is 1. The van der Waals surface area contributed by atoms with Gasteiger partial charge in [-0.25, -0.2) is 4.39 Å². The first-order valence-electron chi connectivity index (χ1n) is 3.33. The van der Waals surface area contributed by atoms with Crippen LogP contribution in [-0.4, -0.2) is 23.2 Å². The summed E-state index contributed by atoms with van der Waals surface area (Å²) in [5, 5.41) is 8.86. The molecule has 0 bridgehead atoms. The fraction of sp³-hybridized carbons (Fsp3) is 1.00. The molecule has 0 spiro atoms. The molecule has 0 aromatic heterocycles. The second-order valence-corrected chi connectivity index (χ2v) is 3.30. The molecule has 0 saturated carbocycles. The zero-order chi connectivity index (χ0) is 8.36. The van der Waals surface area contributed by atoms with Crippen molar-refractivity contribution in [3.8, 4) is 0 Å². The molecule has 0 saturated heterocycles. The molecule has 0 aliphatic heterocycles. The molecule has 1 N–H and O–H groups in total. The van der Waals surface area contributed by atoms with Gasteiger partial charge in [0, 0.05) is 0 Å². The van der Waals surface area contributed by atoms with Gasteiger partial charge in [0.1, 0.15) is 6.17 Å². The van der Waals surface area contributed by atoms with Gasteiger partial charge in [-0.1, -0.05) is 0 Å². The first kappa shape index (κ1) is 9.85. The van der Waals surface area contributed by atoms with Crippen LogP contribution in [0.3, 0.4) is 0 Å². The van der Waals surface area contributed by atoms with E-state index in [0.717, 1.165) is 0 Å². The molecule has 1 unspecified atom stereocenters. The fourth-order valence-corrected chi connectivity index (χ4v) is 0.456. The van der Waals surface area contributed by atoms with Crippen LogP contribution in [0, 0.1) is 0 Å². The lowest BCUT2D eigenvalue weighted by Crippen LogP contribution is -2.32. The minimum Gasteiger partial charge on any atom is -0.366 e. The Morgan fingerprint density at radius 3 is 1.90 bits per heavy atom. The van der Waals surface area contributed by atoms with Gasteiger partial charge >= 0.3 is 0 Å². The molecule has 0 amide bonds. The highest BCUT2D eigenvalue weighted by atomic mass is 19.1. The van der Waals surface area contributed by atoms with Gasteiger partial charge in [-0.2, -0.15) is 0 Å². The third-order valence-corrected chi connectivity index (χ3v) is 0.867. The van der Waals surface area contributed by atoms with Crippen LogP contribution in [0.15, 0.2) is 0 Å². The summed E-state index contributed by atoms with van der Waals surface area (Å²) in [5.41, 5.74) is -0.486. The zero-order valence-electron chi connectivity index (χ0n) is 6.89. The van der Waals surface area contributed by atoms with Gasteiger partial charge in [0.15, 0.2) is 6.29 Å². The molecule has 2 atom stereocenters. The molecule has 0 radical (unpaired) electrons. The van der Waals surface area contributed by atoms with Gasteiger partial charge in [0.2, 0.25) is 0 Å². The maximum absolute atomic E-state index is 12.3. The Bertz CT molecular complexity index is 96.3. The lowest BCUT2D eigenvalue weighted by molar-refractivity contribution is -0.191. The molecule has 0 fully saturated rings. The first-order valence-corrected chi connectivity index (χ1v) is 3.33. The fourth-order valence-electron chi connectivity index (χ4n) is 0.456. The predicted octanol–water partition coefficient (Wildman–Crippen LogP) is 1.48. The average molecular weight is 150 g/mol. The quantitative estimate of drug-likeness (QED) is 0.604. The van der Waals surface area contributed by atoms with Crippen molar-refractivity contribution in [1.82, 2.24) is 0 Å². The van der Waals surface area contributed by atoms with E-state index >= 15 is 0 Å². The Kier molecular flexibility index (Phi) is 3.25. The summed E-state index contributed by atoms with van der Waals surface area (Å²) in [6, 6.07) is 0. The molecular formula is C7H15FO2. The second-order valence-electron chi connectivity index (χ2n) is 3.30. The molecular weight excluding hydrogens is 135 g/mol. The van der Waals surface area contributed by atoms with Crippen LogP contribution >= 0.6 is 0 Å². The Hall–Kier alpha value is -0.150. The van der Waals surface area contributed by atoms with E-state index < -0.39 is 18.1 Å². The van der Waals surface area contributed by atoms with Crippen molar-refractivity contribution in [2.45, 2.75) is 45.8 Å². The topological polar surface area (TPSA) is 29.5 Å². The summed E-state index contributed by atoms with van der Waals surface area (Å²) in [7, 11) is 0. The summed E-state index contributed by atoms with van der Waals surface area (Å²) in [6.45, 7) is 6.55. The number of alkyl halides is 1. The van der Waals surface area contributed by atoms with Gasteiger partial charge in [0.25, 0.3) is 0 Å². The smallest absolute Gasteiger partial charge is 0.186 e. The van der Waals surface area contributed by atoms with Crippen molar-refractivity contribution >= 4 is 0 Å². The molecule has 0 aliphatic rings. The van der Waals surface area contributed by atoms with Gasteiger partial charge < -0.3 is 9.84 Å². The summed E-state index contributed by atoms with van der Waals surface area (Å²) < 4.78 is 17.1. The standard InChI is InChI=1S/C7H15FO2/c1-5(8)6(9)10-7(2,3)4/h5-6,9H,1-4H3/t5-,6?/m1/s1. The van der Waals surface area contributed by atoms with E-state index in [1.54, 1.807) is 20.8 Å². The lowest BCUT2D eigenvalue weighted by atomic mass is 10.2. The third kappa shape index (κ3) is 4.70. The van der Waals surface area contributed by atoms with Gasteiger partial charge in [-0.05, 0) is 27.7 Å². The molecule has 0 aliphatic carbocycles. The SMILES string of the molecule is C[C@@H](F)C(O)OC(C)(C)C. The summed E-state index contributed by atoms with van der Waals surface area (Å²) >= 11 is 0. The maximum Gasteiger partial charge on any atom is 0.186 e. The number of rotatable bonds is 2. The van der Waals surface area contributed by atoms with Gasteiger partial charge in [-0.3, -0.25) is 0 Å². The van der Waals surface area contributed by atoms with Crippen molar-refractivity contribution in [1.29, 1.82) is 0 Å². The lowest BCUT2D eigenvalue weighted by Gasteiger charge is -2.24. The number of hydrogen-bond donors (Lipinski definition) is 1. The van der Waals surface area contributed by atoms with Crippen LogP contribution in [0.1, 0.15) is 27.7 Å². The van der Waals surface area contributed by atoms with Gasteiger partial charge in [-0.15, -0.1) is 0 Å². The highest BCUT2D eigenvalue weighted by Gasteiger charge is 2.20. The van der Waals surface area contributed by atoms with Crippen LogP contribution in [-0.2, 0) is 4.74 Å². The van der Waals surface area contributed by atoms with Crippen LogP contribution in [0.25, 0.3) is 0 Å². The number of ether oxygens (including phenoxy) is 1. The van der Waals surface area contributed by atoms with Crippen LogP contribution in [0.2, 0.25) is 0 Å².